The number of aromatic amines is 1. The van der Waals surface area contributed by atoms with Crippen molar-refractivity contribution in [2.45, 2.75) is 19.8 Å². The Balaban J connectivity index is 1.62. The van der Waals surface area contributed by atoms with Crippen LogP contribution in [0.3, 0.4) is 0 Å². The second-order valence-electron chi connectivity index (χ2n) is 8.04. The number of aromatic nitrogens is 3. The number of fused-ring (bicyclic) bond motifs is 1. The zero-order valence-electron chi connectivity index (χ0n) is 18.1. The summed E-state index contributed by atoms with van der Waals surface area (Å²) in [6.45, 7) is 3.87. The van der Waals surface area contributed by atoms with Gasteiger partial charge >= 0.3 is 0 Å². The molecule has 2 amide bonds. The average Bonchev–Trinajstić information content (AvgIpc) is 3.31. The molecule has 0 spiro atoms. The van der Waals surface area contributed by atoms with E-state index >= 15 is 0 Å². The highest BCUT2D eigenvalue weighted by Crippen LogP contribution is 2.30. The quantitative estimate of drug-likeness (QED) is 0.522. The Morgan fingerprint density at radius 1 is 1.25 bits per heavy atom. The van der Waals surface area contributed by atoms with E-state index in [4.69, 9.17) is 0 Å². The molecule has 0 atom stereocenters. The number of aliphatic hydroxyl groups is 1. The van der Waals surface area contributed by atoms with E-state index in [9.17, 15) is 14.7 Å². The molecule has 4 rings (SSSR count). The zero-order valence-corrected chi connectivity index (χ0v) is 18.1. The normalized spacial score (nSPS) is 14.5. The largest absolute Gasteiger partial charge is 0.396 e. The van der Waals surface area contributed by atoms with Gasteiger partial charge in [0.2, 0.25) is 5.91 Å². The summed E-state index contributed by atoms with van der Waals surface area (Å²) in [5.74, 6) is 0.861. The lowest BCUT2D eigenvalue weighted by atomic mass is 9.97. The van der Waals surface area contributed by atoms with Gasteiger partial charge < -0.3 is 25.2 Å². The van der Waals surface area contributed by atoms with E-state index < -0.39 is 0 Å². The van der Waals surface area contributed by atoms with E-state index in [1.807, 2.05) is 46.3 Å². The summed E-state index contributed by atoms with van der Waals surface area (Å²) in [6.07, 6.45) is 4.94. The van der Waals surface area contributed by atoms with Gasteiger partial charge in [-0.15, -0.1) is 0 Å². The van der Waals surface area contributed by atoms with Gasteiger partial charge in [0.25, 0.3) is 5.91 Å². The second kappa shape index (κ2) is 9.78. The monoisotopic (exact) mass is 436 g/mol. The predicted molar refractivity (Wildman–Crippen MR) is 122 cm³/mol. The van der Waals surface area contributed by atoms with Crippen LogP contribution in [0.2, 0.25) is 0 Å². The van der Waals surface area contributed by atoms with Crippen molar-refractivity contribution in [1.82, 2.24) is 25.2 Å². The van der Waals surface area contributed by atoms with Crippen molar-refractivity contribution in [2.24, 2.45) is 5.92 Å². The molecule has 0 bridgehead atoms. The molecule has 0 radical (unpaired) electrons. The van der Waals surface area contributed by atoms with E-state index in [1.165, 1.54) is 13.3 Å². The standard InChI is InChI=1S/C23H28N6O3/c1-16(31)24-9-12-29(22-20-5-8-25-21(20)26-15-27-22)19-4-2-3-18(13-19)23(32)28-10-6-17(14-30)7-11-28/h2-5,8,13,15,17,30H,6-7,9-12,14H2,1H3,(H,24,31)(H,25,26,27). The summed E-state index contributed by atoms with van der Waals surface area (Å²) in [4.78, 5) is 40.2. The van der Waals surface area contributed by atoms with Gasteiger partial charge in [0.05, 0.1) is 5.39 Å². The molecule has 1 aliphatic heterocycles. The topological polar surface area (TPSA) is 114 Å². The van der Waals surface area contributed by atoms with Crippen molar-refractivity contribution in [3.05, 3.63) is 48.4 Å². The van der Waals surface area contributed by atoms with Gasteiger partial charge in [-0.05, 0) is 43.0 Å². The predicted octanol–water partition coefficient (Wildman–Crippen LogP) is 2.08. The lowest BCUT2D eigenvalue weighted by Gasteiger charge is -2.31. The Kier molecular flexibility index (Phi) is 6.65. The van der Waals surface area contributed by atoms with Gasteiger partial charge in [0.1, 0.15) is 17.8 Å². The molecule has 32 heavy (non-hydrogen) atoms. The third-order valence-electron chi connectivity index (χ3n) is 5.86. The molecule has 0 saturated carbocycles. The molecule has 9 heteroatoms. The highest BCUT2D eigenvalue weighted by Gasteiger charge is 2.24. The molecule has 2 aromatic heterocycles. The fourth-order valence-electron chi connectivity index (χ4n) is 4.08. The lowest BCUT2D eigenvalue weighted by molar-refractivity contribution is -0.118. The Hall–Kier alpha value is -3.46. The second-order valence-corrected chi connectivity index (χ2v) is 8.04. The van der Waals surface area contributed by atoms with Gasteiger partial charge in [-0.2, -0.15) is 0 Å². The average molecular weight is 437 g/mol. The van der Waals surface area contributed by atoms with E-state index in [0.29, 0.717) is 37.6 Å². The van der Waals surface area contributed by atoms with Crippen molar-refractivity contribution in [3.8, 4) is 0 Å². The van der Waals surface area contributed by atoms with Gasteiger partial charge in [-0.3, -0.25) is 9.59 Å². The molecule has 1 saturated heterocycles. The number of aliphatic hydroxyl groups excluding tert-OH is 1. The smallest absolute Gasteiger partial charge is 0.253 e. The number of benzene rings is 1. The zero-order chi connectivity index (χ0) is 22.5. The third-order valence-corrected chi connectivity index (χ3v) is 5.86. The maximum atomic E-state index is 13.1. The summed E-state index contributed by atoms with van der Waals surface area (Å²) in [5, 5.41) is 13.0. The van der Waals surface area contributed by atoms with Crippen molar-refractivity contribution in [3.63, 3.8) is 0 Å². The van der Waals surface area contributed by atoms with E-state index in [-0.39, 0.29) is 24.3 Å². The maximum absolute atomic E-state index is 13.1. The number of carbonyl (C=O) groups is 2. The Labute approximate surface area is 186 Å². The molecule has 0 aliphatic carbocycles. The molecular formula is C23H28N6O3. The first-order valence-electron chi connectivity index (χ1n) is 10.9. The van der Waals surface area contributed by atoms with Crippen LogP contribution >= 0.6 is 0 Å². The molecule has 9 nitrogen and oxygen atoms in total. The van der Waals surface area contributed by atoms with Crippen molar-refractivity contribution in [2.75, 3.05) is 37.7 Å². The van der Waals surface area contributed by atoms with E-state index in [2.05, 4.69) is 20.3 Å². The Bertz CT molecular complexity index is 1090. The number of nitrogens with one attached hydrogen (secondary N) is 2. The number of piperidine rings is 1. The summed E-state index contributed by atoms with van der Waals surface area (Å²) in [7, 11) is 0. The fourth-order valence-corrected chi connectivity index (χ4v) is 4.08. The minimum Gasteiger partial charge on any atom is -0.396 e. The highest BCUT2D eigenvalue weighted by atomic mass is 16.3. The number of anilines is 2. The number of hydrogen-bond acceptors (Lipinski definition) is 6. The fraction of sp³-hybridized carbons (Fsp3) is 0.391. The SMILES string of the molecule is CC(=O)NCCN(c1cccc(C(=O)N2CCC(CO)CC2)c1)c1ncnc2[nH]ccc12. The molecule has 3 N–H and O–H groups in total. The number of carbonyl (C=O) groups excluding carboxylic acids is 2. The first kappa shape index (κ1) is 21.8. The van der Waals surface area contributed by atoms with Crippen LogP contribution in [-0.2, 0) is 4.79 Å². The van der Waals surface area contributed by atoms with Crippen LogP contribution in [0.5, 0.6) is 0 Å². The van der Waals surface area contributed by atoms with Gasteiger partial charge in [-0.25, -0.2) is 9.97 Å². The molecule has 3 aromatic rings. The molecule has 168 valence electrons. The van der Waals surface area contributed by atoms with Crippen molar-refractivity contribution >= 4 is 34.4 Å². The number of rotatable bonds is 7. The Morgan fingerprint density at radius 2 is 2.06 bits per heavy atom. The van der Waals surface area contributed by atoms with Crippen molar-refractivity contribution in [1.29, 1.82) is 0 Å². The van der Waals surface area contributed by atoms with Crippen LogP contribution < -0.4 is 10.2 Å². The first-order valence-corrected chi connectivity index (χ1v) is 10.9. The van der Waals surface area contributed by atoms with Crippen LogP contribution in [0.4, 0.5) is 11.5 Å². The van der Waals surface area contributed by atoms with Gasteiger partial charge in [0.15, 0.2) is 0 Å². The van der Waals surface area contributed by atoms with Gasteiger partial charge in [-0.1, -0.05) is 6.07 Å². The van der Waals surface area contributed by atoms with Crippen molar-refractivity contribution < 1.29 is 14.7 Å². The number of nitrogens with zero attached hydrogens (tertiary/aromatic N) is 4. The lowest BCUT2D eigenvalue weighted by Crippen LogP contribution is -2.39. The Morgan fingerprint density at radius 3 is 2.81 bits per heavy atom. The van der Waals surface area contributed by atoms with Crippen LogP contribution in [0.1, 0.15) is 30.1 Å². The maximum Gasteiger partial charge on any atom is 0.253 e. The minimum absolute atomic E-state index is 0.0143. The number of amides is 2. The highest BCUT2D eigenvalue weighted by molar-refractivity contribution is 5.96. The van der Waals surface area contributed by atoms with Crippen LogP contribution in [0.15, 0.2) is 42.9 Å². The molecule has 3 heterocycles. The van der Waals surface area contributed by atoms with Crippen LogP contribution in [-0.4, -0.2) is 69.6 Å². The minimum atomic E-state index is -0.102. The molecule has 1 aliphatic rings. The molecule has 1 aromatic carbocycles. The first-order chi connectivity index (χ1) is 15.6. The summed E-state index contributed by atoms with van der Waals surface area (Å²) in [6, 6.07) is 9.40. The summed E-state index contributed by atoms with van der Waals surface area (Å²) < 4.78 is 0. The molecular weight excluding hydrogens is 408 g/mol. The number of hydrogen-bond donors (Lipinski definition) is 3. The summed E-state index contributed by atoms with van der Waals surface area (Å²) in [5.41, 5.74) is 2.14. The number of likely N-dealkylation sites (tertiary alicyclic amines) is 1. The third kappa shape index (κ3) is 4.72. The molecule has 0 unspecified atom stereocenters. The summed E-state index contributed by atoms with van der Waals surface area (Å²) >= 11 is 0. The van der Waals surface area contributed by atoms with Crippen LogP contribution in [0.25, 0.3) is 11.0 Å². The molecule has 1 fully saturated rings. The van der Waals surface area contributed by atoms with Crippen LogP contribution in [0, 0.1) is 5.92 Å². The van der Waals surface area contributed by atoms with Gasteiger partial charge in [0, 0.05) is 57.2 Å². The van der Waals surface area contributed by atoms with E-state index in [1.54, 1.807) is 0 Å². The van der Waals surface area contributed by atoms with E-state index in [0.717, 1.165) is 29.6 Å². The number of H-pyrrole nitrogens is 1.